The fraction of sp³-hybridized carbons (Fsp3) is 0.227. The maximum absolute atomic E-state index is 14.8. The largest absolute Gasteiger partial charge is 0.495 e. The molecule has 2 atom stereocenters. The van der Waals surface area contributed by atoms with E-state index in [1.807, 2.05) is 0 Å². The van der Waals surface area contributed by atoms with Crippen LogP contribution in [-0.2, 0) is 4.79 Å². The quantitative estimate of drug-likeness (QED) is 0.699. The van der Waals surface area contributed by atoms with Crippen LogP contribution in [0.25, 0.3) is 4.85 Å². The Morgan fingerprint density at radius 2 is 1.97 bits per heavy atom. The molecule has 148 valence electrons. The first-order chi connectivity index (χ1) is 13.9. The Morgan fingerprint density at radius 1 is 1.24 bits per heavy atom. The molecule has 0 aromatic heterocycles. The van der Waals surface area contributed by atoms with Gasteiger partial charge >= 0.3 is 0 Å². The van der Waals surface area contributed by atoms with Gasteiger partial charge in [0, 0.05) is 16.3 Å². The molecule has 3 rings (SSSR count). The lowest BCUT2D eigenvalue weighted by molar-refractivity contribution is -0.113. The summed E-state index contributed by atoms with van der Waals surface area (Å²) in [6.45, 7) is 11.0. The number of benzene rings is 2. The molecule has 1 aliphatic rings. The molecule has 0 spiro atoms. The Bertz CT molecular complexity index is 1050. The number of hydrogen-bond donors (Lipinski definition) is 1. The van der Waals surface area contributed by atoms with E-state index in [2.05, 4.69) is 15.2 Å². The predicted octanol–water partition coefficient (Wildman–Crippen LogP) is 5.25. The number of amides is 1. The van der Waals surface area contributed by atoms with Crippen molar-refractivity contribution in [3.8, 4) is 5.75 Å². The van der Waals surface area contributed by atoms with Crippen LogP contribution in [0, 0.1) is 12.4 Å². The van der Waals surface area contributed by atoms with E-state index < -0.39 is 23.7 Å². The molecule has 5 nitrogen and oxygen atoms in total. The van der Waals surface area contributed by atoms with Gasteiger partial charge in [-0.05, 0) is 38.1 Å². The highest BCUT2D eigenvalue weighted by Crippen LogP contribution is 2.41. The topological polar surface area (TPSA) is 55.0 Å². The molecule has 0 fully saturated rings. The van der Waals surface area contributed by atoms with Gasteiger partial charge in [-0.1, -0.05) is 29.8 Å². The van der Waals surface area contributed by atoms with Gasteiger partial charge in [-0.2, -0.15) is 0 Å². The number of carbonyl (C=O) groups excluding carboxylic acids is 1. The summed E-state index contributed by atoms with van der Waals surface area (Å²) in [6.07, 6.45) is 0. The molecular formula is C22H19ClFN3O2. The third-order valence-corrected chi connectivity index (χ3v) is 5.17. The third kappa shape index (κ3) is 3.87. The minimum absolute atomic E-state index is 0.119. The summed E-state index contributed by atoms with van der Waals surface area (Å²) in [5.74, 6) is -1.45. The number of allylic oxidation sites excluding steroid dienone is 1. The average molecular weight is 412 g/mol. The van der Waals surface area contributed by atoms with Crippen molar-refractivity contribution in [2.45, 2.75) is 25.8 Å². The smallest absolute Gasteiger partial charge is 0.272 e. The van der Waals surface area contributed by atoms with Gasteiger partial charge in [0.25, 0.3) is 11.9 Å². The Hall–Kier alpha value is -3.17. The summed E-state index contributed by atoms with van der Waals surface area (Å²) >= 11 is 6.30. The molecule has 0 bridgehead atoms. The van der Waals surface area contributed by atoms with Crippen molar-refractivity contribution in [1.82, 2.24) is 0 Å². The fourth-order valence-corrected chi connectivity index (χ4v) is 3.82. The number of nitrogens with one attached hydrogen (secondary N) is 1. The first-order valence-corrected chi connectivity index (χ1v) is 9.27. The van der Waals surface area contributed by atoms with Crippen LogP contribution in [0.15, 0.2) is 58.7 Å². The van der Waals surface area contributed by atoms with Crippen molar-refractivity contribution in [1.29, 1.82) is 0 Å². The number of halogens is 2. The summed E-state index contributed by atoms with van der Waals surface area (Å²) in [7, 11) is 1.50. The van der Waals surface area contributed by atoms with Crippen LogP contribution in [0.4, 0.5) is 10.1 Å². The highest BCUT2D eigenvalue weighted by atomic mass is 35.5. The second-order valence-corrected chi connectivity index (χ2v) is 7.00. The number of para-hydroxylation sites is 2. The van der Waals surface area contributed by atoms with Crippen LogP contribution in [-0.4, -0.2) is 24.8 Å². The molecule has 1 heterocycles. The van der Waals surface area contributed by atoms with Gasteiger partial charge in [-0.25, -0.2) is 11.0 Å². The zero-order valence-electron chi connectivity index (χ0n) is 16.2. The van der Waals surface area contributed by atoms with E-state index in [0.717, 1.165) is 0 Å². The number of anilines is 1. The molecule has 1 N–H and O–H groups in total. The average Bonchev–Trinajstić information content (AvgIpc) is 2.68. The second-order valence-electron chi connectivity index (χ2n) is 6.59. The molecule has 2 aromatic carbocycles. The third-order valence-electron chi connectivity index (χ3n) is 4.84. The highest BCUT2D eigenvalue weighted by Gasteiger charge is 2.43. The van der Waals surface area contributed by atoms with Gasteiger partial charge in [0.05, 0.1) is 24.1 Å². The standard InChI is InChI=1S/C22H19ClFN3O2/c1-12-18(22(28)27-16-10-5-6-11-17(16)29-4)20(21(25-3)13(2)26-12)19-14(23)8-7-9-15(19)24/h5-11,20-21H,1-2,4H3,(H,27,28). The zero-order valence-corrected chi connectivity index (χ0v) is 16.9. The summed E-state index contributed by atoms with van der Waals surface area (Å²) in [5, 5.41) is 2.96. The van der Waals surface area contributed by atoms with Gasteiger partial charge in [0.2, 0.25) is 0 Å². The van der Waals surface area contributed by atoms with Gasteiger partial charge in [-0.3, -0.25) is 9.79 Å². The lowest BCUT2D eigenvalue weighted by Crippen LogP contribution is -2.34. The van der Waals surface area contributed by atoms with Crippen molar-refractivity contribution >= 4 is 28.9 Å². The SMILES string of the molecule is [C-]#[N+]C1C(C)=NC(C)=C(C(=O)Nc2ccccc2OC)C1c1c(F)cccc1Cl. The highest BCUT2D eigenvalue weighted by molar-refractivity contribution is 6.31. The second kappa shape index (κ2) is 8.46. The number of rotatable bonds is 4. The van der Waals surface area contributed by atoms with Gasteiger partial charge in [0.15, 0.2) is 0 Å². The predicted molar refractivity (Wildman–Crippen MR) is 112 cm³/mol. The van der Waals surface area contributed by atoms with Gasteiger partial charge in [0.1, 0.15) is 17.5 Å². The van der Waals surface area contributed by atoms with Crippen LogP contribution in [0.2, 0.25) is 5.02 Å². The van der Waals surface area contributed by atoms with E-state index in [9.17, 15) is 9.18 Å². The molecule has 0 saturated carbocycles. The Labute approximate surface area is 173 Å². The van der Waals surface area contributed by atoms with Crippen LogP contribution in [0.5, 0.6) is 5.75 Å². The summed E-state index contributed by atoms with van der Waals surface area (Å²) in [6, 6.07) is 10.4. The normalized spacial score (nSPS) is 18.7. The number of nitrogens with zero attached hydrogens (tertiary/aromatic N) is 2. The molecule has 1 aliphatic heterocycles. The molecule has 2 aromatic rings. The minimum Gasteiger partial charge on any atom is -0.495 e. The number of methoxy groups -OCH3 is 1. The van der Waals surface area contributed by atoms with Gasteiger partial charge < -0.3 is 14.9 Å². The molecule has 29 heavy (non-hydrogen) atoms. The fourth-order valence-electron chi connectivity index (χ4n) is 3.54. The summed E-state index contributed by atoms with van der Waals surface area (Å²) in [4.78, 5) is 21.3. The van der Waals surface area contributed by atoms with E-state index in [1.54, 1.807) is 44.2 Å². The minimum atomic E-state index is -0.881. The zero-order chi connectivity index (χ0) is 21.1. The number of ether oxygens (including phenoxy) is 1. The van der Waals surface area contributed by atoms with E-state index in [1.165, 1.54) is 19.2 Å². The number of aliphatic imine (C=N–C) groups is 1. The van der Waals surface area contributed by atoms with Crippen molar-refractivity contribution < 1.29 is 13.9 Å². The summed E-state index contributed by atoms with van der Waals surface area (Å²) in [5.41, 5.74) is 1.71. The molecule has 0 aliphatic carbocycles. The molecule has 2 unspecified atom stereocenters. The van der Waals surface area contributed by atoms with Crippen molar-refractivity contribution in [2.75, 3.05) is 12.4 Å². The molecule has 1 amide bonds. The lowest BCUT2D eigenvalue weighted by atomic mass is 9.79. The van der Waals surface area contributed by atoms with E-state index >= 15 is 0 Å². The van der Waals surface area contributed by atoms with E-state index in [-0.39, 0.29) is 16.2 Å². The van der Waals surface area contributed by atoms with Crippen LogP contribution >= 0.6 is 11.6 Å². The Balaban J connectivity index is 2.13. The Morgan fingerprint density at radius 3 is 2.62 bits per heavy atom. The van der Waals surface area contributed by atoms with E-state index in [4.69, 9.17) is 22.9 Å². The van der Waals surface area contributed by atoms with Crippen molar-refractivity contribution in [2.24, 2.45) is 4.99 Å². The van der Waals surface area contributed by atoms with Crippen molar-refractivity contribution in [3.63, 3.8) is 0 Å². The maximum Gasteiger partial charge on any atom is 0.272 e. The van der Waals surface area contributed by atoms with E-state index in [0.29, 0.717) is 22.8 Å². The monoisotopic (exact) mass is 411 g/mol. The summed E-state index contributed by atoms with van der Waals surface area (Å²) < 4.78 is 20.1. The first-order valence-electron chi connectivity index (χ1n) is 8.89. The molecular weight excluding hydrogens is 393 g/mol. The molecule has 7 heteroatoms. The van der Waals surface area contributed by atoms with Crippen LogP contribution in [0.1, 0.15) is 25.3 Å². The Kier molecular flexibility index (Phi) is 6.00. The van der Waals surface area contributed by atoms with Gasteiger partial charge in [-0.15, -0.1) is 0 Å². The van der Waals surface area contributed by atoms with Crippen molar-refractivity contribution in [3.05, 3.63) is 81.6 Å². The van der Waals surface area contributed by atoms with Crippen LogP contribution in [0.3, 0.4) is 0 Å². The lowest BCUT2D eigenvalue weighted by Gasteiger charge is -2.27. The molecule has 0 saturated heterocycles. The molecule has 0 radical (unpaired) electrons. The number of carbonyl (C=O) groups is 1. The maximum atomic E-state index is 14.8. The number of hydrogen-bond acceptors (Lipinski definition) is 3. The first kappa shape index (κ1) is 20.6. The van der Waals surface area contributed by atoms with Crippen LogP contribution < -0.4 is 10.1 Å².